The number of benzene rings is 1. The highest BCUT2D eigenvalue weighted by atomic mass is 35.5. The third-order valence-electron chi connectivity index (χ3n) is 4.36. The quantitative estimate of drug-likeness (QED) is 0.780. The van der Waals surface area contributed by atoms with E-state index in [0.29, 0.717) is 6.04 Å². The molecule has 0 spiro atoms. The Morgan fingerprint density at radius 2 is 2.21 bits per heavy atom. The Labute approximate surface area is 122 Å². The second-order valence-electron chi connectivity index (χ2n) is 6.06. The van der Waals surface area contributed by atoms with Crippen LogP contribution in [0.15, 0.2) is 24.3 Å². The van der Waals surface area contributed by atoms with E-state index >= 15 is 0 Å². The average molecular weight is 280 g/mol. The van der Waals surface area contributed by atoms with Crippen molar-refractivity contribution in [1.29, 1.82) is 0 Å². The van der Waals surface area contributed by atoms with Crippen LogP contribution in [-0.2, 0) is 0 Å². The first-order valence-corrected chi connectivity index (χ1v) is 8.05. The minimum atomic E-state index is 0.441. The molecule has 2 heteroatoms. The average Bonchev–Trinajstić information content (AvgIpc) is 2.40. The summed E-state index contributed by atoms with van der Waals surface area (Å²) in [5.41, 5.74) is 1.32. The molecule has 2 rings (SSSR count). The van der Waals surface area contributed by atoms with E-state index in [1.807, 2.05) is 12.1 Å². The van der Waals surface area contributed by atoms with Gasteiger partial charge >= 0.3 is 0 Å². The summed E-state index contributed by atoms with van der Waals surface area (Å²) in [4.78, 5) is 0. The van der Waals surface area contributed by atoms with Crippen molar-refractivity contribution in [3.8, 4) is 0 Å². The van der Waals surface area contributed by atoms with E-state index in [9.17, 15) is 0 Å². The Kier molecular flexibility index (Phi) is 5.72. The fourth-order valence-corrected chi connectivity index (χ4v) is 3.47. The minimum absolute atomic E-state index is 0.441. The van der Waals surface area contributed by atoms with Crippen LogP contribution < -0.4 is 5.32 Å². The Hall–Kier alpha value is -0.530. The van der Waals surface area contributed by atoms with Crippen LogP contribution in [0.2, 0.25) is 5.02 Å². The van der Waals surface area contributed by atoms with Gasteiger partial charge in [0, 0.05) is 11.1 Å². The van der Waals surface area contributed by atoms with Crippen molar-refractivity contribution in [3.63, 3.8) is 0 Å². The molecular weight excluding hydrogens is 254 g/mol. The van der Waals surface area contributed by atoms with Gasteiger partial charge in [0.1, 0.15) is 0 Å². The molecule has 1 aliphatic rings. The molecule has 0 saturated heterocycles. The Balaban J connectivity index is 1.89. The highest BCUT2D eigenvalue weighted by Gasteiger charge is 2.19. The Bertz CT molecular complexity index is 391. The maximum Gasteiger partial charge on any atom is 0.0409 e. The smallest absolute Gasteiger partial charge is 0.0409 e. The standard InChI is InChI=1S/C17H26ClN/c1-3-17(15-8-5-9-16(18)11-15)19-12-14-7-4-6-13(2)10-14/h5,8-9,11,13-14,17,19H,3-4,6-7,10,12H2,1-2H3. The van der Waals surface area contributed by atoms with E-state index in [1.165, 1.54) is 31.2 Å². The van der Waals surface area contributed by atoms with Crippen molar-refractivity contribution < 1.29 is 0 Å². The molecule has 1 nitrogen and oxygen atoms in total. The summed E-state index contributed by atoms with van der Waals surface area (Å²) >= 11 is 6.09. The number of hydrogen-bond acceptors (Lipinski definition) is 1. The van der Waals surface area contributed by atoms with Crippen LogP contribution in [0.3, 0.4) is 0 Å². The summed E-state index contributed by atoms with van der Waals surface area (Å²) in [6, 6.07) is 8.70. The maximum absolute atomic E-state index is 6.09. The van der Waals surface area contributed by atoms with Crippen molar-refractivity contribution in [3.05, 3.63) is 34.9 Å². The van der Waals surface area contributed by atoms with Crippen molar-refractivity contribution in [2.45, 2.75) is 52.0 Å². The molecule has 0 amide bonds. The van der Waals surface area contributed by atoms with Crippen LogP contribution in [0.1, 0.15) is 57.6 Å². The van der Waals surface area contributed by atoms with Gasteiger partial charge in [0.2, 0.25) is 0 Å². The van der Waals surface area contributed by atoms with Crippen LogP contribution in [0.5, 0.6) is 0 Å². The topological polar surface area (TPSA) is 12.0 Å². The van der Waals surface area contributed by atoms with Gasteiger partial charge < -0.3 is 5.32 Å². The molecular formula is C17H26ClN. The molecule has 1 aromatic rings. The third kappa shape index (κ3) is 4.50. The van der Waals surface area contributed by atoms with E-state index in [0.717, 1.165) is 29.8 Å². The van der Waals surface area contributed by atoms with Gasteiger partial charge in [0.15, 0.2) is 0 Å². The Morgan fingerprint density at radius 3 is 2.89 bits per heavy atom. The van der Waals surface area contributed by atoms with E-state index in [4.69, 9.17) is 11.6 Å². The van der Waals surface area contributed by atoms with Crippen LogP contribution in [-0.4, -0.2) is 6.54 Å². The fourth-order valence-electron chi connectivity index (χ4n) is 3.28. The van der Waals surface area contributed by atoms with Gasteiger partial charge in [-0.15, -0.1) is 0 Å². The number of halogens is 1. The zero-order valence-electron chi connectivity index (χ0n) is 12.2. The molecule has 0 bridgehead atoms. The molecule has 3 atom stereocenters. The second-order valence-corrected chi connectivity index (χ2v) is 6.50. The van der Waals surface area contributed by atoms with Gasteiger partial charge in [0.25, 0.3) is 0 Å². The summed E-state index contributed by atoms with van der Waals surface area (Å²) < 4.78 is 0. The maximum atomic E-state index is 6.09. The molecule has 1 aliphatic carbocycles. The van der Waals surface area contributed by atoms with Gasteiger partial charge in [-0.1, -0.05) is 50.4 Å². The van der Waals surface area contributed by atoms with Gasteiger partial charge in [-0.05, 0) is 55.3 Å². The van der Waals surface area contributed by atoms with Crippen molar-refractivity contribution in [2.24, 2.45) is 11.8 Å². The van der Waals surface area contributed by atoms with Gasteiger partial charge in [-0.3, -0.25) is 0 Å². The predicted octanol–water partition coefficient (Wildman–Crippen LogP) is 5.21. The summed E-state index contributed by atoms with van der Waals surface area (Å²) in [5.74, 6) is 1.77. The molecule has 1 saturated carbocycles. The molecule has 0 radical (unpaired) electrons. The van der Waals surface area contributed by atoms with Crippen molar-refractivity contribution in [2.75, 3.05) is 6.54 Å². The summed E-state index contributed by atoms with van der Waals surface area (Å²) in [5, 5.41) is 4.58. The molecule has 1 aromatic carbocycles. The lowest BCUT2D eigenvalue weighted by atomic mass is 9.82. The Morgan fingerprint density at radius 1 is 1.37 bits per heavy atom. The second kappa shape index (κ2) is 7.31. The molecule has 19 heavy (non-hydrogen) atoms. The first kappa shape index (κ1) is 14.9. The normalized spacial score (nSPS) is 25.2. The minimum Gasteiger partial charge on any atom is -0.310 e. The largest absolute Gasteiger partial charge is 0.310 e. The molecule has 0 heterocycles. The van der Waals surface area contributed by atoms with E-state index in [-0.39, 0.29) is 0 Å². The monoisotopic (exact) mass is 279 g/mol. The molecule has 106 valence electrons. The SMILES string of the molecule is CCC(NCC1CCCC(C)C1)c1cccc(Cl)c1. The van der Waals surface area contributed by atoms with Crippen LogP contribution >= 0.6 is 11.6 Å². The fraction of sp³-hybridized carbons (Fsp3) is 0.647. The lowest BCUT2D eigenvalue weighted by molar-refractivity contribution is 0.266. The van der Waals surface area contributed by atoms with E-state index < -0.39 is 0 Å². The van der Waals surface area contributed by atoms with Crippen molar-refractivity contribution in [1.82, 2.24) is 5.32 Å². The zero-order valence-corrected chi connectivity index (χ0v) is 12.9. The van der Waals surface area contributed by atoms with Gasteiger partial charge in [-0.2, -0.15) is 0 Å². The predicted molar refractivity (Wildman–Crippen MR) is 83.6 cm³/mol. The first-order valence-electron chi connectivity index (χ1n) is 7.68. The van der Waals surface area contributed by atoms with E-state index in [1.54, 1.807) is 0 Å². The molecule has 0 aromatic heterocycles. The summed E-state index contributed by atoms with van der Waals surface area (Å²) in [7, 11) is 0. The lowest BCUT2D eigenvalue weighted by Gasteiger charge is -2.29. The molecule has 1 N–H and O–H groups in total. The van der Waals surface area contributed by atoms with Gasteiger partial charge in [-0.25, -0.2) is 0 Å². The highest BCUT2D eigenvalue weighted by Crippen LogP contribution is 2.29. The summed E-state index contributed by atoms with van der Waals surface area (Å²) in [6.07, 6.45) is 6.72. The van der Waals surface area contributed by atoms with Gasteiger partial charge in [0.05, 0.1) is 0 Å². The zero-order chi connectivity index (χ0) is 13.7. The van der Waals surface area contributed by atoms with Crippen molar-refractivity contribution >= 4 is 11.6 Å². The molecule has 1 fully saturated rings. The third-order valence-corrected chi connectivity index (χ3v) is 4.59. The highest BCUT2D eigenvalue weighted by molar-refractivity contribution is 6.30. The number of nitrogens with one attached hydrogen (secondary N) is 1. The summed E-state index contributed by atoms with van der Waals surface area (Å²) in [6.45, 7) is 5.78. The number of rotatable bonds is 5. The number of hydrogen-bond donors (Lipinski definition) is 1. The lowest BCUT2D eigenvalue weighted by Crippen LogP contribution is -2.29. The van der Waals surface area contributed by atoms with Crippen LogP contribution in [0.25, 0.3) is 0 Å². The van der Waals surface area contributed by atoms with Crippen LogP contribution in [0, 0.1) is 11.8 Å². The van der Waals surface area contributed by atoms with E-state index in [2.05, 4.69) is 31.3 Å². The molecule has 0 aliphatic heterocycles. The van der Waals surface area contributed by atoms with Crippen LogP contribution in [0.4, 0.5) is 0 Å². The first-order chi connectivity index (χ1) is 9.19. The molecule has 3 unspecified atom stereocenters.